The molecule has 1 heterocycles. The van der Waals surface area contributed by atoms with Crippen LogP contribution in [0.5, 0.6) is 0 Å². The minimum absolute atomic E-state index is 0.107. The summed E-state index contributed by atoms with van der Waals surface area (Å²) < 4.78 is 26.3. The van der Waals surface area contributed by atoms with Gasteiger partial charge in [-0.15, -0.1) is 0 Å². The van der Waals surface area contributed by atoms with Crippen molar-refractivity contribution in [2.24, 2.45) is 0 Å². The quantitative estimate of drug-likeness (QED) is 0.629. The van der Waals surface area contributed by atoms with Crippen molar-refractivity contribution in [2.75, 3.05) is 11.9 Å². The molecule has 0 atom stereocenters. The lowest BCUT2D eigenvalue weighted by Crippen LogP contribution is -2.25. The smallest absolute Gasteiger partial charge is 0.276 e. The summed E-state index contributed by atoms with van der Waals surface area (Å²) in [6, 6.07) is 6.55. The maximum atomic E-state index is 13.2. The molecule has 1 aromatic rings. The third-order valence-electron chi connectivity index (χ3n) is 2.08. The highest BCUT2D eigenvalue weighted by Gasteiger charge is 2.35. The molecule has 1 aliphatic heterocycles. The van der Waals surface area contributed by atoms with Crippen LogP contribution in [0, 0.1) is 0 Å². The highest BCUT2D eigenvalue weighted by molar-refractivity contribution is 5.54. The molecule has 2 rings (SSSR count). The molecule has 0 amide bonds. The van der Waals surface area contributed by atoms with Gasteiger partial charge in [0.1, 0.15) is 0 Å². The Balaban J connectivity index is 2.52. The first-order valence-corrected chi connectivity index (χ1v) is 3.91. The second-order valence-corrected chi connectivity index (χ2v) is 2.93. The van der Waals surface area contributed by atoms with E-state index in [1.165, 1.54) is 6.07 Å². The Kier molecular flexibility index (Phi) is 1.53. The number of rotatable bonds is 0. The van der Waals surface area contributed by atoms with Crippen molar-refractivity contribution in [2.45, 2.75) is 12.3 Å². The fraction of sp³-hybridized carbons (Fsp3) is 0.333. The van der Waals surface area contributed by atoms with E-state index in [0.29, 0.717) is 12.2 Å². The highest BCUT2D eigenvalue weighted by Crippen LogP contribution is 2.39. The number of hydrogen-bond acceptors (Lipinski definition) is 1. The second kappa shape index (κ2) is 2.44. The van der Waals surface area contributed by atoms with Crippen LogP contribution in [0.25, 0.3) is 0 Å². The molecular formula is C9H9F2N. The predicted octanol–water partition coefficient (Wildman–Crippen LogP) is 2.59. The van der Waals surface area contributed by atoms with Crippen molar-refractivity contribution in [3.05, 3.63) is 29.8 Å². The number of benzene rings is 1. The Morgan fingerprint density at radius 2 is 2.00 bits per heavy atom. The van der Waals surface area contributed by atoms with Gasteiger partial charge in [0.15, 0.2) is 0 Å². The van der Waals surface area contributed by atoms with E-state index in [4.69, 9.17) is 0 Å². The van der Waals surface area contributed by atoms with E-state index < -0.39 is 5.92 Å². The Morgan fingerprint density at radius 3 is 2.75 bits per heavy atom. The van der Waals surface area contributed by atoms with E-state index in [0.717, 1.165) is 0 Å². The van der Waals surface area contributed by atoms with Crippen molar-refractivity contribution in [3.63, 3.8) is 0 Å². The molecule has 1 nitrogen and oxygen atoms in total. The third kappa shape index (κ3) is 1.05. The summed E-state index contributed by atoms with van der Waals surface area (Å²) in [5.41, 5.74) is 0.685. The fourth-order valence-electron chi connectivity index (χ4n) is 1.45. The van der Waals surface area contributed by atoms with E-state index >= 15 is 0 Å². The van der Waals surface area contributed by atoms with Gasteiger partial charge in [-0.3, -0.25) is 0 Å². The molecule has 0 aliphatic carbocycles. The zero-order valence-electron chi connectivity index (χ0n) is 6.48. The molecule has 0 spiro atoms. The topological polar surface area (TPSA) is 12.0 Å². The zero-order valence-corrected chi connectivity index (χ0v) is 6.48. The first kappa shape index (κ1) is 7.53. The lowest BCUT2D eigenvalue weighted by atomic mass is 10.00. The Bertz CT molecular complexity index is 296. The first-order chi connectivity index (χ1) is 5.70. The van der Waals surface area contributed by atoms with Crippen LogP contribution >= 0.6 is 0 Å². The van der Waals surface area contributed by atoms with E-state index in [2.05, 4.69) is 5.32 Å². The van der Waals surface area contributed by atoms with Gasteiger partial charge in [0, 0.05) is 24.2 Å². The minimum Gasteiger partial charge on any atom is -0.384 e. The summed E-state index contributed by atoms with van der Waals surface area (Å²) in [4.78, 5) is 0. The number of anilines is 1. The summed E-state index contributed by atoms with van der Waals surface area (Å²) in [5, 5.41) is 2.94. The number of fused-ring (bicyclic) bond motifs is 1. The predicted molar refractivity (Wildman–Crippen MR) is 43.4 cm³/mol. The SMILES string of the molecule is FC1(F)CCNc2ccccc21. The molecule has 1 aromatic carbocycles. The standard InChI is InChI=1S/C9H9F2N/c10-9(11)5-6-12-8-4-2-1-3-7(8)9/h1-4,12H,5-6H2. The Morgan fingerprint density at radius 1 is 1.25 bits per heavy atom. The van der Waals surface area contributed by atoms with Gasteiger partial charge in [0.25, 0.3) is 5.92 Å². The summed E-state index contributed by atoms with van der Waals surface area (Å²) >= 11 is 0. The van der Waals surface area contributed by atoms with Crippen molar-refractivity contribution >= 4 is 5.69 Å². The van der Waals surface area contributed by atoms with Crippen LogP contribution in [-0.2, 0) is 5.92 Å². The van der Waals surface area contributed by atoms with Crippen molar-refractivity contribution in [1.82, 2.24) is 0 Å². The molecular weight excluding hydrogens is 160 g/mol. The van der Waals surface area contributed by atoms with Crippen LogP contribution in [0.4, 0.5) is 14.5 Å². The maximum absolute atomic E-state index is 13.2. The second-order valence-electron chi connectivity index (χ2n) is 2.93. The van der Waals surface area contributed by atoms with Gasteiger partial charge in [-0.25, -0.2) is 8.78 Å². The summed E-state index contributed by atoms with van der Waals surface area (Å²) in [5.74, 6) is -2.65. The molecule has 0 radical (unpaired) electrons. The van der Waals surface area contributed by atoms with Gasteiger partial charge >= 0.3 is 0 Å². The first-order valence-electron chi connectivity index (χ1n) is 3.91. The summed E-state index contributed by atoms with van der Waals surface area (Å²) in [6.07, 6.45) is -0.107. The molecule has 0 aromatic heterocycles. The van der Waals surface area contributed by atoms with Gasteiger partial charge in [-0.2, -0.15) is 0 Å². The zero-order chi connectivity index (χ0) is 8.60. The monoisotopic (exact) mass is 169 g/mol. The molecule has 0 saturated carbocycles. The molecule has 1 N–H and O–H groups in total. The minimum atomic E-state index is -2.65. The van der Waals surface area contributed by atoms with Crippen molar-refractivity contribution < 1.29 is 8.78 Å². The van der Waals surface area contributed by atoms with Crippen LogP contribution < -0.4 is 5.32 Å². The van der Waals surface area contributed by atoms with Crippen molar-refractivity contribution in [3.8, 4) is 0 Å². The highest BCUT2D eigenvalue weighted by atomic mass is 19.3. The number of nitrogens with one attached hydrogen (secondary N) is 1. The lowest BCUT2D eigenvalue weighted by molar-refractivity contribution is -0.0122. The van der Waals surface area contributed by atoms with Gasteiger partial charge in [0.2, 0.25) is 0 Å². The average Bonchev–Trinajstić information content (AvgIpc) is 2.04. The molecule has 0 fully saturated rings. The molecule has 3 heteroatoms. The normalized spacial score (nSPS) is 19.5. The number of halogens is 2. The number of para-hydroxylation sites is 1. The van der Waals surface area contributed by atoms with Crippen LogP contribution in [0.15, 0.2) is 24.3 Å². The number of hydrogen-bond donors (Lipinski definition) is 1. The number of alkyl halides is 2. The average molecular weight is 169 g/mol. The van der Waals surface area contributed by atoms with Crippen LogP contribution in [0.1, 0.15) is 12.0 Å². The van der Waals surface area contributed by atoms with Gasteiger partial charge in [-0.05, 0) is 6.07 Å². The van der Waals surface area contributed by atoms with Crippen LogP contribution in [0.3, 0.4) is 0 Å². The molecule has 0 bridgehead atoms. The molecule has 0 saturated heterocycles. The van der Waals surface area contributed by atoms with Gasteiger partial charge in [-0.1, -0.05) is 18.2 Å². The molecule has 1 aliphatic rings. The maximum Gasteiger partial charge on any atom is 0.276 e. The van der Waals surface area contributed by atoms with Gasteiger partial charge in [0.05, 0.1) is 0 Å². The Hall–Kier alpha value is -1.12. The van der Waals surface area contributed by atoms with Crippen molar-refractivity contribution in [1.29, 1.82) is 0 Å². The summed E-state index contributed by atoms with van der Waals surface area (Å²) in [6.45, 7) is 0.351. The largest absolute Gasteiger partial charge is 0.384 e. The Labute approximate surface area is 69.4 Å². The van der Waals surface area contributed by atoms with E-state index in [-0.39, 0.29) is 12.0 Å². The fourth-order valence-corrected chi connectivity index (χ4v) is 1.45. The van der Waals surface area contributed by atoms with Gasteiger partial charge < -0.3 is 5.32 Å². The third-order valence-corrected chi connectivity index (χ3v) is 2.08. The molecule has 0 unspecified atom stereocenters. The van der Waals surface area contributed by atoms with E-state index in [1.54, 1.807) is 18.2 Å². The lowest BCUT2D eigenvalue weighted by Gasteiger charge is -2.25. The van der Waals surface area contributed by atoms with E-state index in [9.17, 15) is 8.78 Å². The molecule has 12 heavy (non-hydrogen) atoms. The van der Waals surface area contributed by atoms with Crippen LogP contribution in [0.2, 0.25) is 0 Å². The van der Waals surface area contributed by atoms with Crippen LogP contribution in [-0.4, -0.2) is 6.54 Å². The summed E-state index contributed by atoms with van der Waals surface area (Å²) in [7, 11) is 0. The molecule has 64 valence electrons. The van der Waals surface area contributed by atoms with E-state index in [1.807, 2.05) is 0 Å².